The van der Waals surface area contributed by atoms with Crippen molar-refractivity contribution in [1.29, 1.82) is 0 Å². The fourth-order valence-electron chi connectivity index (χ4n) is 3.88. The van der Waals surface area contributed by atoms with Gasteiger partial charge < -0.3 is 9.64 Å². The van der Waals surface area contributed by atoms with Crippen LogP contribution in [0.25, 0.3) is 10.1 Å². The molecule has 0 spiro atoms. The Balaban J connectivity index is 1.49. The molecule has 34 heavy (non-hydrogen) atoms. The standard InChI is InChI=1S/C22H22ClN3O5S3/c1-2-21(20-7-15-3-4-17(23)8-19(15)33-20)34(29,30)26-6-5-25(22(28)10-26)9-16(11-31-14-27)18-12-32-13-24-18/h2-4,7-8,12-14,16,21H,1,5-6,9-11H2. The van der Waals surface area contributed by atoms with E-state index in [0.29, 0.717) is 16.4 Å². The Morgan fingerprint density at radius 1 is 1.29 bits per heavy atom. The number of thiophene rings is 1. The summed E-state index contributed by atoms with van der Waals surface area (Å²) in [6.45, 7) is 4.61. The van der Waals surface area contributed by atoms with Crippen molar-refractivity contribution in [2.45, 2.75) is 11.2 Å². The summed E-state index contributed by atoms with van der Waals surface area (Å²) in [6, 6.07) is 7.23. The van der Waals surface area contributed by atoms with E-state index < -0.39 is 15.3 Å². The maximum Gasteiger partial charge on any atom is 0.293 e. The number of fused-ring (bicyclic) bond motifs is 1. The van der Waals surface area contributed by atoms with Crippen LogP contribution in [0.5, 0.6) is 0 Å². The molecule has 12 heteroatoms. The zero-order chi connectivity index (χ0) is 24.3. The number of thiazole rings is 1. The van der Waals surface area contributed by atoms with Crippen molar-refractivity contribution in [2.24, 2.45) is 0 Å². The van der Waals surface area contributed by atoms with Crippen LogP contribution >= 0.6 is 34.3 Å². The maximum absolute atomic E-state index is 13.5. The van der Waals surface area contributed by atoms with E-state index in [4.69, 9.17) is 16.3 Å². The molecular formula is C22H22ClN3O5S3. The minimum atomic E-state index is -3.86. The molecule has 0 N–H and O–H groups in total. The summed E-state index contributed by atoms with van der Waals surface area (Å²) in [5.41, 5.74) is 2.40. The molecule has 3 heterocycles. The van der Waals surface area contributed by atoms with Crippen LogP contribution in [0.4, 0.5) is 0 Å². The lowest BCUT2D eigenvalue weighted by atomic mass is 10.1. The van der Waals surface area contributed by atoms with E-state index in [1.54, 1.807) is 22.5 Å². The van der Waals surface area contributed by atoms with Gasteiger partial charge in [-0.1, -0.05) is 23.7 Å². The Labute approximate surface area is 210 Å². The average molecular weight is 540 g/mol. The Morgan fingerprint density at radius 3 is 2.79 bits per heavy atom. The molecule has 1 amide bonds. The van der Waals surface area contributed by atoms with Crippen LogP contribution < -0.4 is 0 Å². The molecule has 2 aromatic heterocycles. The second-order valence-electron chi connectivity index (χ2n) is 7.75. The number of hydrogen-bond donors (Lipinski definition) is 0. The lowest BCUT2D eigenvalue weighted by molar-refractivity contribution is -0.135. The molecule has 8 nitrogen and oxygen atoms in total. The summed E-state index contributed by atoms with van der Waals surface area (Å²) < 4.78 is 33.9. The number of aromatic nitrogens is 1. The molecule has 1 saturated heterocycles. The van der Waals surface area contributed by atoms with Gasteiger partial charge >= 0.3 is 0 Å². The zero-order valence-electron chi connectivity index (χ0n) is 18.0. The van der Waals surface area contributed by atoms with E-state index in [2.05, 4.69) is 11.6 Å². The highest BCUT2D eigenvalue weighted by molar-refractivity contribution is 7.89. The molecule has 1 aliphatic rings. The van der Waals surface area contributed by atoms with Gasteiger partial charge in [0.2, 0.25) is 15.9 Å². The summed E-state index contributed by atoms with van der Waals surface area (Å²) in [7, 11) is -3.86. The van der Waals surface area contributed by atoms with Crippen LogP contribution in [-0.4, -0.2) is 67.8 Å². The number of ether oxygens (including phenoxy) is 1. The van der Waals surface area contributed by atoms with Gasteiger partial charge in [0.25, 0.3) is 6.47 Å². The Kier molecular flexibility index (Phi) is 7.68. The van der Waals surface area contributed by atoms with Gasteiger partial charge in [0, 0.05) is 39.6 Å². The molecule has 180 valence electrons. The third kappa shape index (κ3) is 5.18. The fraction of sp³-hybridized carbons (Fsp3) is 0.318. The van der Waals surface area contributed by atoms with E-state index >= 15 is 0 Å². The first kappa shape index (κ1) is 24.8. The molecular weight excluding hydrogens is 518 g/mol. The van der Waals surface area contributed by atoms with E-state index in [0.717, 1.165) is 15.8 Å². The fourth-order valence-corrected chi connectivity index (χ4v) is 7.90. The zero-order valence-corrected chi connectivity index (χ0v) is 21.2. The van der Waals surface area contributed by atoms with Gasteiger partial charge in [0.15, 0.2) is 0 Å². The van der Waals surface area contributed by atoms with Crippen molar-refractivity contribution < 1.29 is 22.7 Å². The van der Waals surface area contributed by atoms with Crippen LogP contribution in [0.2, 0.25) is 5.02 Å². The first-order chi connectivity index (χ1) is 16.3. The van der Waals surface area contributed by atoms with Crippen molar-refractivity contribution in [3.8, 4) is 0 Å². The number of benzene rings is 1. The lowest BCUT2D eigenvalue weighted by Crippen LogP contribution is -2.53. The maximum atomic E-state index is 13.5. The second-order valence-corrected chi connectivity index (χ2v) is 12.1. The molecule has 1 aliphatic heterocycles. The van der Waals surface area contributed by atoms with Gasteiger partial charge in [-0.05, 0) is 23.6 Å². The minimum absolute atomic E-state index is 0.0908. The molecule has 0 radical (unpaired) electrons. The first-order valence-electron chi connectivity index (χ1n) is 10.3. The van der Waals surface area contributed by atoms with Crippen molar-refractivity contribution in [2.75, 3.05) is 32.8 Å². The average Bonchev–Trinajstić information content (AvgIpc) is 3.47. The molecule has 1 fully saturated rings. The van der Waals surface area contributed by atoms with Gasteiger partial charge in [-0.15, -0.1) is 29.3 Å². The number of carbonyl (C=O) groups excluding carboxylic acids is 2. The summed E-state index contributed by atoms with van der Waals surface area (Å²) in [6.07, 6.45) is 1.40. The molecule has 0 bridgehead atoms. The molecule has 0 aliphatic carbocycles. The molecule has 1 aromatic carbocycles. The summed E-state index contributed by atoms with van der Waals surface area (Å²) >= 11 is 8.83. The number of sulfonamides is 1. The largest absolute Gasteiger partial charge is 0.467 e. The number of piperazine rings is 1. The van der Waals surface area contributed by atoms with Gasteiger partial charge in [0.1, 0.15) is 11.9 Å². The van der Waals surface area contributed by atoms with Crippen LogP contribution in [-0.2, 0) is 24.3 Å². The minimum Gasteiger partial charge on any atom is -0.467 e. The number of nitrogens with zero attached hydrogens (tertiary/aromatic N) is 3. The highest BCUT2D eigenvalue weighted by atomic mass is 35.5. The van der Waals surface area contributed by atoms with E-state index in [9.17, 15) is 18.0 Å². The van der Waals surface area contributed by atoms with Crippen LogP contribution in [0.15, 0.2) is 47.8 Å². The molecule has 2 atom stereocenters. The van der Waals surface area contributed by atoms with Gasteiger partial charge in [0.05, 0.1) is 23.7 Å². The Hall–Kier alpha value is -2.31. The quantitative estimate of drug-likeness (QED) is 0.288. The molecule has 0 saturated carbocycles. The van der Waals surface area contributed by atoms with E-state index in [-0.39, 0.29) is 44.6 Å². The molecule has 4 rings (SSSR count). The normalized spacial score (nSPS) is 17.0. The number of halogens is 1. The summed E-state index contributed by atoms with van der Waals surface area (Å²) in [5, 5.41) is 2.36. The van der Waals surface area contributed by atoms with Gasteiger partial charge in [-0.3, -0.25) is 9.59 Å². The number of hydrogen-bond acceptors (Lipinski definition) is 8. The van der Waals surface area contributed by atoms with Crippen LogP contribution in [0, 0.1) is 0 Å². The molecule has 2 unspecified atom stereocenters. The lowest BCUT2D eigenvalue weighted by Gasteiger charge is -2.36. The van der Waals surface area contributed by atoms with Gasteiger partial charge in [-0.25, -0.2) is 13.4 Å². The number of rotatable bonds is 10. The van der Waals surface area contributed by atoms with Crippen molar-refractivity contribution in [1.82, 2.24) is 14.2 Å². The number of amides is 1. The predicted molar refractivity (Wildman–Crippen MR) is 134 cm³/mol. The van der Waals surface area contributed by atoms with Crippen molar-refractivity contribution in [3.05, 3.63) is 63.4 Å². The van der Waals surface area contributed by atoms with E-state index in [1.165, 1.54) is 33.1 Å². The van der Waals surface area contributed by atoms with Crippen LogP contribution in [0.3, 0.4) is 0 Å². The number of carbonyl (C=O) groups is 2. The molecule has 3 aromatic rings. The smallest absolute Gasteiger partial charge is 0.293 e. The summed E-state index contributed by atoms with van der Waals surface area (Å²) in [4.78, 5) is 30.1. The highest BCUT2D eigenvalue weighted by Gasteiger charge is 2.38. The highest BCUT2D eigenvalue weighted by Crippen LogP contribution is 2.37. The van der Waals surface area contributed by atoms with E-state index in [1.807, 2.05) is 17.5 Å². The van der Waals surface area contributed by atoms with Crippen LogP contribution in [0.1, 0.15) is 21.7 Å². The van der Waals surface area contributed by atoms with Crippen molar-refractivity contribution >= 4 is 66.8 Å². The first-order valence-corrected chi connectivity index (χ1v) is 14.0. The summed E-state index contributed by atoms with van der Waals surface area (Å²) in [5.74, 6) is -0.595. The SMILES string of the molecule is C=CC(c1cc2ccc(Cl)cc2s1)S(=O)(=O)N1CCN(CC(COC=O)c2cscn2)C(=O)C1. The third-order valence-corrected chi connectivity index (χ3v) is 9.93. The Bertz CT molecular complexity index is 1290. The Morgan fingerprint density at radius 2 is 2.12 bits per heavy atom. The van der Waals surface area contributed by atoms with Gasteiger partial charge in [-0.2, -0.15) is 4.31 Å². The second kappa shape index (κ2) is 10.5. The van der Waals surface area contributed by atoms with Crippen molar-refractivity contribution in [3.63, 3.8) is 0 Å². The monoisotopic (exact) mass is 539 g/mol. The predicted octanol–water partition coefficient (Wildman–Crippen LogP) is 3.67. The third-order valence-electron chi connectivity index (χ3n) is 5.64. The topological polar surface area (TPSA) is 96.9 Å².